The molecular weight excluding hydrogens is 243 g/mol. The Labute approximate surface area is 100 Å². The monoisotopic (exact) mass is 258 g/mol. The van der Waals surface area contributed by atoms with E-state index in [9.17, 15) is 12.8 Å². The number of halogens is 1. The van der Waals surface area contributed by atoms with Crippen molar-refractivity contribution in [1.29, 1.82) is 0 Å². The lowest BCUT2D eigenvalue weighted by Crippen LogP contribution is -2.25. The Morgan fingerprint density at radius 2 is 2.12 bits per heavy atom. The molecule has 0 aliphatic rings. The molecule has 0 spiro atoms. The highest BCUT2D eigenvalue weighted by molar-refractivity contribution is 7.89. The highest BCUT2D eigenvalue weighted by Gasteiger charge is 2.16. The van der Waals surface area contributed by atoms with E-state index in [1.807, 2.05) is 0 Å². The van der Waals surface area contributed by atoms with Crippen LogP contribution in [0.25, 0.3) is 0 Å². The lowest BCUT2D eigenvalue weighted by Gasteiger charge is -2.09. The number of nitrogens with one attached hydrogen (secondary N) is 1. The first-order chi connectivity index (χ1) is 7.74. The third kappa shape index (κ3) is 3.28. The standard InChI is InChI=1S/C11H15FN2O2S/c1-7(2)6-14-17(15,16)9-4-8(3)11(12)10(13)5-9/h4-5,14H,1,6,13H2,2-3H3. The summed E-state index contributed by atoms with van der Waals surface area (Å²) in [6.45, 7) is 6.89. The van der Waals surface area contributed by atoms with Crippen LogP contribution in [0.1, 0.15) is 12.5 Å². The smallest absolute Gasteiger partial charge is 0.240 e. The first-order valence-corrected chi connectivity index (χ1v) is 6.42. The quantitative estimate of drug-likeness (QED) is 0.636. The van der Waals surface area contributed by atoms with Gasteiger partial charge in [-0.3, -0.25) is 0 Å². The van der Waals surface area contributed by atoms with Gasteiger partial charge >= 0.3 is 0 Å². The van der Waals surface area contributed by atoms with E-state index in [0.29, 0.717) is 5.57 Å². The fraction of sp³-hybridized carbons (Fsp3) is 0.273. The Balaban J connectivity index is 3.12. The molecule has 17 heavy (non-hydrogen) atoms. The minimum atomic E-state index is -3.67. The lowest BCUT2D eigenvalue weighted by molar-refractivity contribution is 0.583. The van der Waals surface area contributed by atoms with E-state index in [-0.39, 0.29) is 22.7 Å². The van der Waals surface area contributed by atoms with Crippen LogP contribution >= 0.6 is 0 Å². The molecule has 1 aromatic carbocycles. The van der Waals surface area contributed by atoms with E-state index in [0.717, 1.165) is 6.07 Å². The summed E-state index contributed by atoms with van der Waals surface area (Å²) in [5.41, 5.74) is 6.09. The molecular formula is C11H15FN2O2S. The summed E-state index contributed by atoms with van der Waals surface area (Å²) in [6, 6.07) is 2.34. The highest BCUT2D eigenvalue weighted by Crippen LogP contribution is 2.20. The second-order valence-electron chi connectivity index (χ2n) is 3.93. The van der Waals surface area contributed by atoms with Crippen molar-refractivity contribution in [1.82, 2.24) is 4.72 Å². The average molecular weight is 258 g/mol. The SMILES string of the molecule is C=C(C)CNS(=O)(=O)c1cc(C)c(F)c(N)c1. The summed E-state index contributed by atoms with van der Waals surface area (Å²) in [5.74, 6) is -0.594. The zero-order valence-electron chi connectivity index (χ0n) is 9.75. The molecule has 0 atom stereocenters. The summed E-state index contributed by atoms with van der Waals surface area (Å²) in [7, 11) is -3.67. The van der Waals surface area contributed by atoms with Gasteiger partial charge in [0.2, 0.25) is 10.0 Å². The largest absolute Gasteiger partial charge is 0.396 e. The van der Waals surface area contributed by atoms with Crippen LogP contribution < -0.4 is 10.5 Å². The Morgan fingerprint density at radius 3 is 2.59 bits per heavy atom. The number of hydrogen-bond donors (Lipinski definition) is 2. The molecule has 0 aliphatic carbocycles. The molecule has 1 aromatic rings. The average Bonchev–Trinajstić information content (AvgIpc) is 2.22. The van der Waals surface area contributed by atoms with Gasteiger partial charge in [0.25, 0.3) is 0 Å². The first-order valence-electron chi connectivity index (χ1n) is 4.93. The number of benzene rings is 1. The van der Waals surface area contributed by atoms with Gasteiger partial charge < -0.3 is 5.73 Å². The van der Waals surface area contributed by atoms with Gasteiger partial charge in [-0.25, -0.2) is 17.5 Å². The summed E-state index contributed by atoms with van der Waals surface area (Å²) in [5, 5.41) is 0. The Kier molecular flexibility index (Phi) is 3.90. The Bertz CT molecular complexity index is 530. The third-order valence-corrected chi connectivity index (χ3v) is 3.51. The molecule has 4 nitrogen and oxygen atoms in total. The predicted molar refractivity (Wildman–Crippen MR) is 65.6 cm³/mol. The van der Waals surface area contributed by atoms with Crippen LogP contribution in [0.5, 0.6) is 0 Å². The molecule has 0 fully saturated rings. The summed E-state index contributed by atoms with van der Waals surface area (Å²) >= 11 is 0. The molecule has 0 radical (unpaired) electrons. The van der Waals surface area contributed by atoms with E-state index < -0.39 is 15.8 Å². The van der Waals surface area contributed by atoms with Crippen LogP contribution in [0.15, 0.2) is 29.2 Å². The zero-order valence-corrected chi connectivity index (χ0v) is 10.6. The first kappa shape index (κ1) is 13.7. The van der Waals surface area contributed by atoms with Gasteiger partial charge in [-0.15, -0.1) is 0 Å². The summed E-state index contributed by atoms with van der Waals surface area (Å²) in [4.78, 5) is -0.0462. The molecule has 0 bridgehead atoms. The fourth-order valence-electron chi connectivity index (χ4n) is 1.22. The molecule has 0 aromatic heterocycles. The van der Waals surface area contributed by atoms with Crippen molar-refractivity contribution in [2.45, 2.75) is 18.7 Å². The van der Waals surface area contributed by atoms with E-state index in [1.165, 1.54) is 13.0 Å². The summed E-state index contributed by atoms with van der Waals surface area (Å²) < 4.78 is 39.2. The molecule has 6 heteroatoms. The van der Waals surface area contributed by atoms with Gasteiger partial charge in [-0.2, -0.15) is 0 Å². The molecule has 0 saturated heterocycles. The molecule has 0 unspecified atom stereocenters. The van der Waals surface area contributed by atoms with Gasteiger partial charge in [0.05, 0.1) is 10.6 Å². The van der Waals surface area contributed by atoms with Crippen LogP contribution in [0, 0.1) is 12.7 Å². The van der Waals surface area contributed by atoms with Crippen molar-refractivity contribution < 1.29 is 12.8 Å². The molecule has 0 saturated carbocycles. The molecule has 3 N–H and O–H groups in total. The normalized spacial score (nSPS) is 11.5. The van der Waals surface area contributed by atoms with Crippen LogP contribution in [-0.2, 0) is 10.0 Å². The second kappa shape index (κ2) is 4.85. The number of sulfonamides is 1. The van der Waals surface area contributed by atoms with Crippen molar-refractivity contribution in [3.05, 3.63) is 35.7 Å². The highest BCUT2D eigenvalue weighted by atomic mass is 32.2. The topological polar surface area (TPSA) is 72.2 Å². The van der Waals surface area contributed by atoms with Gasteiger partial charge in [0.1, 0.15) is 5.82 Å². The summed E-state index contributed by atoms with van der Waals surface area (Å²) in [6.07, 6.45) is 0. The Hall–Kier alpha value is -1.40. The second-order valence-corrected chi connectivity index (χ2v) is 5.69. The van der Waals surface area contributed by atoms with Crippen molar-refractivity contribution in [2.75, 3.05) is 12.3 Å². The number of nitrogen functional groups attached to an aromatic ring is 1. The number of rotatable bonds is 4. The van der Waals surface area contributed by atoms with Crippen LogP contribution in [0.4, 0.5) is 10.1 Å². The minimum absolute atomic E-state index is 0.0462. The van der Waals surface area contributed by atoms with Crippen molar-refractivity contribution in [3.63, 3.8) is 0 Å². The number of anilines is 1. The molecule has 0 aliphatic heterocycles. The van der Waals surface area contributed by atoms with Crippen LogP contribution in [0.3, 0.4) is 0 Å². The molecule has 0 heterocycles. The molecule has 94 valence electrons. The van der Waals surface area contributed by atoms with E-state index >= 15 is 0 Å². The van der Waals surface area contributed by atoms with Gasteiger partial charge in [0, 0.05) is 6.54 Å². The van der Waals surface area contributed by atoms with E-state index in [2.05, 4.69) is 11.3 Å². The van der Waals surface area contributed by atoms with Gasteiger partial charge in [0.15, 0.2) is 0 Å². The van der Waals surface area contributed by atoms with E-state index in [1.54, 1.807) is 6.92 Å². The maximum absolute atomic E-state index is 13.3. The number of nitrogens with two attached hydrogens (primary N) is 1. The fourth-order valence-corrected chi connectivity index (χ4v) is 2.44. The molecule has 1 rings (SSSR count). The molecule has 0 amide bonds. The van der Waals surface area contributed by atoms with E-state index in [4.69, 9.17) is 5.73 Å². The maximum atomic E-state index is 13.3. The van der Waals surface area contributed by atoms with Crippen LogP contribution in [-0.4, -0.2) is 15.0 Å². The lowest BCUT2D eigenvalue weighted by atomic mass is 10.2. The van der Waals surface area contributed by atoms with Gasteiger partial charge in [-0.1, -0.05) is 12.2 Å². The van der Waals surface area contributed by atoms with Crippen molar-refractivity contribution in [2.24, 2.45) is 0 Å². The zero-order chi connectivity index (χ0) is 13.2. The Morgan fingerprint density at radius 1 is 1.53 bits per heavy atom. The van der Waals surface area contributed by atoms with Crippen molar-refractivity contribution >= 4 is 15.7 Å². The third-order valence-electron chi connectivity index (χ3n) is 2.13. The maximum Gasteiger partial charge on any atom is 0.240 e. The number of hydrogen-bond acceptors (Lipinski definition) is 3. The predicted octanol–water partition coefficient (Wildman–Crippen LogP) is 1.57. The van der Waals surface area contributed by atoms with Crippen LogP contribution in [0.2, 0.25) is 0 Å². The minimum Gasteiger partial charge on any atom is -0.396 e. The van der Waals surface area contributed by atoms with Crippen molar-refractivity contribution in [3.8, 4) is 0 Å². The van der Waals surface area contributed by atoms with Gasteiger partial charge in [-0.05, 0) is 31.5 Å². The number of aryl methyl sites for hydroxylation is 1.